The zero-order valence-corrected chi connectivity index (χ0v) is 17.7. The van der Waals surface area contributed by atoms with Crippen LogP contribution in [-0.2, 0) is 20.7 Å². The summed E-state index contributed by atoms with van der Waals surface area (Å²) in [7, 11) is 0. The molecule has 0 aliphatic carbocycles. The Morgan fingerprint density at radius 2 is 2.10 bits per heavy atom. The van der Waals surface area contributed by atoms with Crippen LogP contribution in [-0.4, -0.2) is 43.9 Å². The van der Waals surface area contributed by atoms with Crippen LogP contribution < -0.4 is 5.73 Å². The number of aliphatic hydroxyl groups is 1. The van der Waals surface area contributed by atoms with Gasteiger partial charge in [-0.1, -0.05) is 29.7 Å². The standard InChI is InChI=1S/C21H18Cl2N4O4/c1-2-21(11-28)15(30-17(29)9-12-3-5-13(22)6-4-12)10-16(31-21)27-8-7-14-18(24)25-20(23)26-19(14)27/h1,3-8,15-16,28H,9-11H2,(H2,24,25,26)/t15-,16+,21+/m0/s1. The van der Waals surface area contributed by atoms with E-state index in [1.165, 1.54) is 0 Å². The smallest absolute Gasteiger partial charge is 0.310 e. The number of halogens is 2. The maximum Gasteiger partial charge on any atom is 0.310 e. The van der Waals surface area contributed by atoms with E-state index in [9.17, 15) is 9.90 Å². The van der Waals surface area contributed by atoms with Crippen molar-refractivity contribution in [2.24, 2.45) is 0 Å². The number of aromatic nitrogens is 3. The van der Waals surface area contributed by atoms with Crippen molar-refractivity contribution >= 4 is 46.0 Å². The fourth-order valence-corrected chi connectivity index (χ4v) is 3.89. The van der Waals surface area contributed by atoms with Gasteiger partial charge in [0.15, 0.2) is 5.60 Å². The van der Waals surface area contributed by atoms with Crippen LogP contribution in [0, 0.1) is 12.3 Å². The number of hydrogen-bond acceptors (Lipinski definition) is 7. The van der Waals surface area contributed by atoms with Crippen LogP contribution in [0.5, 0.6) is 0 Å². The number of nitrogen functional groups attached to an aromatic ring is 1. The number of anilines is 1. The molecule has 4 rings (SSSR count). The number of carbonyl (C=O) groups excluding carboxylic acids is 1. The van der Waals surface area contributed by atoms with Gasteiger partial charge in [0.25, 0.3) is 0 Å². The summed E-state index contributed by atoms with van der Waals surface area (Å²) in [6.45, 7) is -0.532. The van der Waals surface area contributed by atoms with Gasteiger partial charge >= 0.3 is 5.97 Å². The molecular formula is C21H18Cl2N4O4. The summed E-state index contributed by atoms with van der Waals surface area (Å²) in [5, 5.41) is 11.1. The Morgan fingerprint density at radius 3 is 2.77 bits per heavy atom. The van der Waals surface area contributed by atoms with Crippen LogP contribution in [0.3, 0.4) is 0 Å². The van der Waals surface area contributed by atoms with Crippen LogP contribution in [0.15, 0.2) is 36.5 Å². The maximum atomic E-state index is 12.5. The van der Waals surface area contributed by atoms with Crippen molar-refractivity contribution < 1.29 is 19.4 Å². The molecule has 31 heavy (non-hydrogen) atoms. The van der Waals surface area contributed by atoms with Gasteiger partial charge in [-0.25, -0.2) is 4.98 Å². The molecule has 0 spiro atoms. The molecule has 8 nitrogen and oxygen atoms in total. The molecule has 0 saturated carbocycles. The summed E-state index contributed by atoms with van der Waals surface area (Å²) in [4.78, 5) is 20.7. The third-order valence-corrected chi connectivity index (χ3v) is 5.60. The fourth-order valence-electron chi connectivity index (χ4n) is 3.60. The number of ether oxygens (including phenoxy) is 2. The van der Waals surface area contributed by atoms with Gasteiger partial charge in [0.2, 0.25) is 5.28 Å². The van der Waals surface area contributed by atoms with Crippen LogP contribution in [0.2, 0.25) is 10.3 Å². The third kappa shape index (κ3) is 4.05. The van der Waals surface area contributed by atoms with Gasteiger partial charge in [-0.15, -0.1) is 6.42 Å². The monoisotopic (exact) mass is 460 g/mol. The van der Waals surface area contributed by atoms with E-state index in [1.54, 1.807) is 41.1 Å². The Labute approximate surface area is 187 Å². The van der Waals surface area contributed by atoms with Crippen molar-refractivity contribution in [2.45, 2.75) is 30.8 Å². The number of benzene rings is 1. The number of rotatable bonds is 5. The number of carbonyl (C=O) groups is 1. The quantitative estimate of drug-likeness (QED) is 0.341. The van der Waals surface area contributed by atoms with E-state index < -0.39 is 30.5 Å². The SMILES string of the molecule is C#C[C@]1(CO)O[C@@H](n2ccc3c(N)nc(Cl)nc32)C[C@@H]1OC(=O)Cc1ccc(Cl)cc1. The lowest BCUT2D eigenvalue weighted by Gasteiger charge is -2.26. The third-order valence-electron chi connectivity index (χ3n) is 5.18. The topological polar surface area (TPSA) is 112 Å². The van der Waals surface area contributed by atoms with Gasteiger partial charge in [0.1, 0.15) is 23.8 Å². The number of terminal acetylenes is 1. The zero-order chi connectivity index (χ0) is 22.2. The molecule has 3 heterocycles. The van der Waals surface area contributed by atoms with Gasteiger partial charge in [-0.3, -0.25) is 4.79 Å². The van der Waals surface area contributed by atoms with E-state index in [0.29, 0.717) is 16.1 Å². The Balaban J connectivity index is 1.58. The van der Waals surface area contributed by atoms with Crippen molar-refractivity contribution in [1.82, 2.24) is 14.5 Å². The summed E-state index contributed by atoms with van der Waals surface area (Å²) in [6.07, 6.45) is 6.05. The number of nitrogens with two attached hydrogens (primary N) is 1. The van der Waals surface area contributed by atoms with Crippen molar-refractivity contribution in [3.63, 3.8) is 0 Å². The van der Waals surface area contributed by atoms with Crippen LogP contribution in [0.25, 0.3) is 11.0 Å². The molecule has 160 valence electrons. The van der Waals surface area contributed by atoms with E-state index in [-0.39, 0.29) is 23.9 Å². The first kappa shape index (κ1) is 21.4. The number of nitrogens with zero attached hydrogens (tertiary/aromatic N) is 3. The first-order chi connectivity index (χ1) is 14.8. The second-order valence-corrected chi connectivity index (χ2v) is 7.89. The van der Waals surface area contributed by atoms with Crippen LogP contribution in [0.4, 0.5) is 5.82 Å². The number of fused-ring (bicyclic) bond motifs is 1. The highest BCUT2D eigenvalue weighted by Crippen LogP contribution is 2.40. The first-order valence-corrected chi connectivity index (χ1v) is 10.1. The maximum absolute atomic E-state index is 12.5. The average molecular weight is 461 g/mol. The van der Waals surface area contributed by atoms with Crippen molar-refractivity contribution in [2.75, 3.05) is 12.3 Å². The zero-order valence-electron chi connectivity index (χ0n) is 16.2. The minimum Gasteiger partial charge on any atom is -0.458 e. The highest BCUT2D eigenvalue weighted by molar-refractivity contribution is 6.30. The Hall–Kier alpha value is -2.83. The van der Waals surface area contributed by atoms with E-state index >= 15 is 0 Å². The van der Waals surface area contributed by atoms with E-state index in [1.807, 2.05) is 0 Å². The summed E-state index contributed by atoms with van der Waals surface area (Å²) in [5.74, 6) is 2.17. The Morgan fingerprint density at radius 1 is 1.35 bits per heavy atom. The van der Waals surface area contributed by atoms with Gasteiger partial charge < -0.3 is 24.9 Å². The number of hydrogen-bond donors (Lipinski definition) is 2. The summed E-state index contributed by atoms with van der Waals surface area (Å²) >= 11 is 11.8. The lowest BCUT2D eigenvalue weighted by atomic mass is 9.98. The molecule has 0 amide bonds. The molecule has 3 atom stereocenters. The molecule has 3 aromatic rings. The molecule has 3 N–H and O–H groups in total. The summed E-state index contributed by atoms with van der Waals surface area (Å²) in [6, 6.07) is 8.57. The summed E-state index contributed by atoms with van der Waals surface area (Å²) < 4.78 is 13.3. The molecule has 1 aliphatic heterocycles. The molecule has 0 radical (unpaired) electrons. The molecule has 1 saturated heterocycles. The van der Waals surface area contributed by atoms with Gasteiger partial charge in [0, 0.05) is 17.6 Å². The molecule has 1 fully saturated rings. The fraction of sp³-hybridized carbons (Fsp3) is 0.286. The van der Waals surface area contributed by atoms with Crippen molar-refractivity contribution in [3.8, 4) is 12.3 Å². The molecule has 1 aliphatic rings. The van der Waals surface area contributed by atoms with Crippen molar-refractivity contribution in [1.29, 1.82) is 0 Å². The second kappa shape index (κ2) is 8.36. The molecule has 10 heteroatoms. The van der Waals surface area contributed by atoms with Gasteiger partial charge in [0.05, 0.1) is 18.4 Å². The van der Waals surface area contributed by atoms with Crippen molar-refractivity contribution in [3.05, 3.63) is 52.4 Å². The van der Waals surface area contributed by atoms with Crippen LogP contribution in [0.1, 0.15) is 18.2 Å². The molecule has 0 bridgehead atoms. The first-order valence-electron chi connectivity index (χ1n) is 9.35. The molecule has 0 unspecified atom stereocenters. The predicted molar refractivity (Wildman–Crippen MR) is 115 cm³/mol. The molecular weight excluding hydrogens is 443 g/mol. The molecule has 2 aromatic heterocycles. The van der Waals surface area contributed by atoms with Gasteiger partial charge in [-0.2, -0.15) is 4.98 Å². The lowest BCUT2D eigenvalue weighted by molar-refractivity contribution is -0.158. The van der Waals surface area contributed by atoms with Gasteiger partial charge in [-0.05, 0) is 35.4 Å². The predicted octanol–water partition coefficient (Wildman–Crippen LogP) is 2.76. The number of esters is 1. The molecule has 1 aromatic carbocycles. The van der Waals surface area contributed by atoms with Crippen LogP contribution >= 0.6 is 23.2 Å². The van der Waals surface area contributed by atoms with E-state index in [4.69, 9.17) is 44.8 Å². The minimum atomic E-state index is -1.50. The Kier molecular flexibility index (Phi) is 5.77. The Bertz CT molecular complexity index is 1170. The average Bonchev–Trinajstić information content (AvgIpc) is 3.31. The van der Waals surface area contributed by atoms with E-state index in [0.717, 1.165) is 5.56 Å². The lowest BCUT2D eigenvalue weighted by Crippen LogP contribution is -2.44. The minimum absolute atomic E-state index is 0.0146. The normalized spacial score (nSPS) is 23.0. The second-order valence-electron chi connectivity index (χ2n) is 7.12. The highest BCUT2D eigenvalue weighted by Gasteiger charge is 2.51. The summed E-state index contributed by atoms with van der Waals surface area (Å²) in [5.41, 5.74) is 5.59. The number of aliphatic hydroxyl groups excluding tert-OH is 1. The largest absolute Gasteiger partial charge is 0.458 e. The highest BCUT2D eigenvalue weighted by atomic mass is 35.5. The van der Waals surface area contributed by atoms with E-state index in [2.05, 4.69) is 15.9 Å².